The molecule has 1 amide bonds. The number of aryl methyl sites for hydroxylation is 1. The highest BCUT2D eigenvalue weighted by atomic mass is 16.6. The molecule has 0 saturated heterocycles. The number of amides is 1. The number of rotatable bonds is 6. The summed E-state index contributed by atoms with van der Waals surface area (Å²) < 4.78 is 3.43. The molecule has 0 unspecified atom stereocenters. The van der Waals surface area contributed by atoms with Crippen LogP contribution >= 0.6 is 0 Å². The average Bonchev–Trinajstić information content (AvgIpc) is 3.40. The number of hydrogen-bond acceptors (Lipinski definition) is 4. The van der Waals surface area contributed by atoms with Gasteiger partial charge in [0.1, 0.15) is 11.4 Å². The Morgan fingerprint density at radius 2 is 1.77 bits per heavy atom. The number of hydrogen-bond donors (Lipinski definition) is 1. The number of nitrogens with one attached hydrogen (secondary N) is 1. The Morgan fingerprint density at radius 3 is 2.39 bits per heavy atom. The zero-order chi connectivity index (χ0) is 22.0. The van der Waals surface area contributed by atoms with Gasteiger partial charge in [-0.25, -0.2) is 4.68 Å². The summed E-state index contributed by atoms with van der Waals surface area (Å²) in [5.41, 5.74) is 3.34. The average molecular weight is 415 g/mol. The van der Waals surface area contributed by atoms with E-state index < -0.39 is 4.92 Å². The molecular formula is C23H21N5O3. The molecule has 8 nitrogen and oxygen atoms in total. The second-order valence-corrected chi connectivity index (χ2v) is 7.21. The molecule has 0 bridgehead atoms. The largest absolute Gasteiger partial charge is 0.349 e. The van der Waals surface area contributed by atoms with Crippen LogP contribution in [0.5, 0.6) is 0 Å². The molecular weight excluding hydrogens is 394 g/mol. The molecule has 0 aliphatic carbocycles. The quantitative estimate of drug-likeness (QED) is 0.376. The Kier molecular flexibility index (Phi) is 5.36. The Bertz CT molecular complexity index is 1230. The van der Waals surface area contributed by atoms with Gasteiger partial charge in [0.15, 0.2) is 0 Å². The summed E-state index contributed by atoms with van der Waals surface area (Å²) in [6.45, 7) is 1.91. The maximum atomic E-state index is 13.2. The third-order valence-corrected chi connectivity index (χ3v) is 5.10. The van der Waals surface area contributed by atoms with E-state index in [2.05, 4.69) is 10.4 Å². The van der Waals surface area contributed by atoms with Crippen molar-refractivity contribution in [3.8, 4) is 17.1 Å². The smallest absolute Gasteiger partial charge is 0.270 e. The summed E-state index contributed by atoms with van der Waals surface area (Å²) in [6.07, 6.45) is 1.90. The first kappa shape index (κ1) is 20.1. The molecule has 0 radical (unpaired) electrons. The van der Waals surface area contributed by atoms with Gasteiger partial charge in [0.25, 0.3) is 11.6 Å². The van der Waals surface area contributed by atoms with Gasteiger partial charge in [-0.1, -0.05) is 30.3 Å². The van der Waals surface area contributed by atoms with Gasteiger partial charge in [0.05, 0.1) is 22.3 Å². The van der Waals surface area contributed by atoms with Crippen LogP contribution in [0.2, 0.25) is 0 Å². The lowest BCUT2D eigenvalue weighted by Crippen LogP contribution is -2.28. The molecule has 156 valence electrons. The molecule has 2 aromatic carbocycles. The topological polar surface area (TPSA) is 95.0 Å². The SMILES string of the molecule is C[C@H](NC(=O)c1cc(-c2cccn2C)nn1-c1ccc([N+](=O)[O-])cc1)c1ccccc1. The maximum absolute atomic E-state index is 13.2. The molecule has 1 N–H and O–H groups in total. The fourth-order valence-electron chi connectivity index (χ4n) is 3.40. The summed E-state index contributed by atoms with van der Waals surface area (Å²) in [5.74, 6) is -0.289. The number of benzene rings is 2. The van der Waals surface area contributed by atoms with E-state index in [0.717, 1.165) is 11.3 Å². The van der Waals surface area contributed by atoms with Crippen LogP contribution in [0.1, 0.15) is 29.0 Å². The Hall–Kier alpha value is -4.20. The fourth-order valence-corrected chi connectivity index (χ4v) is 3.40. The van der Waals surface area contributed by atoms with Crippen LogP contribution in [0, 0.1) is 10.1 Å². The highest BCUT2D eigenvalue weighted by Gasteiger charge is 2.21. The van der Waals surface area contributed by atoms with Crippen molar-refractivity contribution in [2.24, 2.45) is 7.05 Å². The number of aromatic nitrogens is 3. The van der Waals surface area contributed by atoms with E-state index in [0.29, 0.717) is 17.1 Å². The van der Waals surface area contributed by atoms with Crippen molar-refractivity contribution in [3.05, 3.63) is 100 Å². The third-order valence-electron chi connectivity index (χ3n) is 5.10. The van der Waals surface area contributed by atoms with Crippen molar-refractivity contribution in [1.29, 1.82) is 0 Å². The van der Waals surface area contributed by atoms with Crippen LogP contribution in [0.3, 0.4) is 0 Å². The van der Waals surface area contributed by atoms with E-state index >= 15 is 0 Å². The van der Waals surface area contributed by atoms with Crippen LogP contribution in [0.4, 0.5) is 5.69 Å². The number of nitrogens with zero attached hydrogens (tertiary/aromatic N) is 4. The highest BCUT2D eigenvalue weighted by Crippen LogP contribution is 2.24. The monoisotopic (exact) mass is 415 g/mol. The lowest BCUT2D eigenvalue weighted by Gasteiger charge is -2.15. The van der Waals surface area contributed by atoms with Gasteiger partial charge in [0, 0.05) is 25.4 Å². The van der Waals surface area contributed by atoms with E-state index in [1.54, 1.807) is 18.2 Å². The molecule has 0 aliphatic heterocycles. The normalized spacial score (nSPS) is 11.8. The van der Waals surface area contributed by atoms with Crippen molar-refractivity contribution in [1.82, 2.24) is 19.7 Å². The predicted molar refractivity (Wildman–Crippen MR) is 117 cm³/mol. The number of carbonyl (C=O) groups excluding carboxylic acids is 1. The maximum Gasteiger partial charge on any atom is 0.270 e. The first-order valence-corrected chi connectivity index (χ1v) is 9.76. The van der Waals surface area contributed by atoms with E-state index in [1.165, 1.54) is 16.8 Å². The zero-order valence-electron chi connectivity index (χ0n) is 17.1. The van der Waals surface area contributed by atoms with Gasteiger partial charge in [-0.3, -0.25) is 14.9 Å². The van der Waals surface area contributed by atoms with E-state index in [1.807, 2.05) is 67.2 Å². The minimum atomic E-state index is -0.461. The van der Waals surface area contributed by atoms with Gasteiger partial charge in [-0.05, 0) is 42.8 Å². The van der Waals surface area contributed by atoms with Crippen LogP contribution in [-0.2, 0) is 7.05 Å². The highest BCUT2D eigenvalue weighted by molar-refractivity contribution is 5.94. The standard InChI is InChI=1S/C23H21N5O3/c1-16(17-7-4-3-5-8-17)24-23(29)22-15-20(21-9-6-14-26(21)2)25-27(22)18-10-12-19(13-11-18)28(30)31/h3-16H,1-2H3,(H,24,29)/t16-/m0/s1. The molecule has 0 spiro atoms. The lowest BCUT2D eigenvalue weighted by atomic mass is 10.1. The molecule has 1 atom stereocenters. The number of nitro benzene ring substituents is 1. The van der Waals surface area contributed by atoms with Crippen molar-refractivity contribution >= 4 is 11.6 Å². The fraction of sp³-hybridized carbons (Fsp3) is 0.130. The Morgan fingerprint density at radius 1 is 1.06 bits per heavy atom. The van der Waals surface area contributed by atoms with Gasteiger partial charge < -0.3 is 9.88 Å². The molecule has 0 aliphatic rings. The van der Waals surface area contributed by atoms with Gasteiger partial charge >= 0.3 is 0 Å². The predicted octanol–water partition coefficient (Wildman–Crippen LogP) is 4.28. The van der Waals surface area contributed by atoms with E-state index in [9.17, 15) is 14.9 Å². The molecule has 4 aromatic rings. The van der Waals surface area contributed by atoms with Gasteiger partial charge in [0.2, 0.25) is 0 Å². The minimum Gasteiger partial charge on any atom is -0.349 e. The van der Waals surface area contributed by atoms with Crippen molar-refractivity contribution in [3.63, 3.8) is 0 Å². The summed E-state index contributed by atoms with van der Waals surface area (Å²) in [5, 5.41) is 18.6. The van der Waals surface area contributed by atoms with Crippen LogP contribution in [0.25, 0.3) is 17.1 Å². The molecule has 31 heavy (non-hydrogen) atoms. The van der Waals surface area contributed by atoms with Crippen molar-refractivity contribution in [2.75, 3.05) is 0 Å². The zero-order valence-corrected chi connectivity index (χ0v) is 17.1. The number of carbonyl (C=O) groups is 1. The summed E-state index contributed by atoms with van der Waals surface area (Å²) >= 11 is 0. The molecule has 0 fully saturated rings. The number of non-ortho nitro benzene ring substituents is 1. The summed E-state index contributed by atoms with van der Waals surface area (Å²) in [7, 11) is 1.90. The molecule has 4 rings (SSSR count). The van der Waals surface area contributed by atoms with Crippen LogP contribution in [0.15, 0.2) is 79.0 Å². The molecule has 2 heterocycles. The molecule has 2 aromatic heterocycles. The summed E-state index contributed by atoms with van der Waals surface area (Å²) in [6, 6.07) is 21.0. The first-order valence-electron chi connectivity index (χ1n) is 9.76. The second-order valence-electron chi connectivity index (χ2n) is 7.21. The van der Waals surface area contributed by atoms with Gasteiger partial charge in [-0.15, -0.1) is 0 Å². The molecule has 8 heteroatoms. The van der Waals surface area contributed by atoms with Crippen LogP contribution < -0.4 is 5.32 Å². The lowest BCUT2D eigenvalue weighted by molar-refractivity contribution is -0.384. The number of nitro groups is 1. The van der Waals surface area contributed by atoms with Gasteiger partial charge in [-0.2, -0.15) is 5.10 Å². The second kappa shape index (κ2) is 8.27. The van der Waals surface area contributed by atoms with Crippen LogP contribution in [-0.4, -0.2) is 25.2 Å². The summed E-state index contributed by atoms with van der Waals surface area (Å²) in [4.78, 5) is 23.7. The Labute approximate surface area is 178 Å². The van der Waals surface area contributed by atoms with Crippen molar-refractivity contribution in [2.45, 2.75) is 13.0 Å². The van der Waals surface area contributed by atoms with E-state index in [-0.39, 0.29) is 17.6 Å². The molecule has 0 saturated carbocycles. The van der Waals surface area contributed by atoms with Crippen molar-refractivity contribution < 1.29 is 9.72 Å². The third kappa shape index (κ3) is 4.09. The van der Waals surface area contributed by atoms with E-state index in [4.69, 9.17) is 0 Å². The Balaban J connectivity index is 1.72. The first-order chi connectivity index (χ1) is 14.9. The minimum absolute atomic E-state index is 0.0257.